The second kappa shape index (κ2) is 9.05. The molecule has 4 nitrogen and oxygen atoms in total. The molecule has 2 heterocycles. The Morgan fingerprint density at radius 2 is 1.93 bits per heavy atom. The van der Waals surface area contributed by atoms with Gasteiger partial charge >= 0.3 is 0 Å². The summed E-state index contributed by atoms with van der Waals surface area (Å²) in [5, 5.41) is 7.39. The first-order chi connectivity index (χ1) is 14.2. The van der Waals surface area contributed by atoms with Crippen molar-refractivity contribution >= 4 is 28.1 Å². The maximum absolute atomic E-state index is 12.1. The van der Waals surface area contributed by atoms with Crippen LogP contribution in [0.4, 0.5) is 0 Å². The molecule has 4 rings (SSSR count). The Kier molecular flexibility index (Phi) is 6.06. The minimum Gasteiger partial charge on any atom is -0.361 e. The predicted octanol–water partition coefficient (Wildman–Crippen LogP) is 5.28. The average Bonchev–Trinajstić information content (AvgIpc) is 3.36. The number of H-pyrrole nitrogens is 1. The highest BCUT2D eigenvalue weighted by atomic mass is 32.1. The van der Waals surface area contributed by atoms with Crippen molar-refractivity contribution in [1.29, 1.82) is 0 Å². The van der Waals surface area contributed by atoms with E-state index >= 15 is 0 Å². The molecular weight excluding hydrogens is 378 g/mol. The number of aromatic amines is 1. The van der Waals surface area contributed by atoms with Crippen molar-refractivity contribution in [1.82, 2.24) is 15.3 Å². The van der Waals surface area contributed by atoms with E-state index in [0.29, 0.717) is 13.0 Å². The van der Waals surface area contributed by atoms with Gasteiger partial charge in [-0.3, -0.25) is 4.79 Å². The lowest BCUT2D eigenvalue weighted by Crippen LogP contribution is -2.25. The van der Waals surface area contributed by atoms with Gasteiger partial charge in [-0.25, -0.2) is 4.98 Å². The zero-order chi connectivity index (χ0) is 20.1. The largest absolute Gasteiger partial charge is 0.361 e. The number of aromatic nitrogens is 2. The Hall–Kier alpha value is -2.92. The quantitative estimate of drug-likeness (QED) is 0.420. The summed E-state index contributed by atoms with van der Waals surface area (Å²) in [6.07, 6.45) is 5.11. The minimum absolute atomic E-state index is 0.110. The molecule has 1 amide bonds. The number of rotatable bonds is 8. The van der Waals surface area contributed by atoms with Crippen LogP contribution in [0, 0.1) is 6.92 Å². The topological polar surface area (TPSA) is 57.8 Å². The van der Waals surface area contributed by atoms with E-state index in [2.05, 4.69) is 71.3 Å². The SMILES string of the molecule is Cc1ccc(-c2nc(CCNC(=O)CCCc3c[nH]c4ccccc34)cs2)cc1. The monoisotopic (exact) mass is 403 g/mol. The lowest BCUT2D eigenvalue weighted by atomic mass is 10.1. The maximum atomic E-state index is 12.1. The number of carbonyl (C=O) groups is 1. The van der Waals surface area contributed by atoms with E-state index in [1.54, 1.807) is 11.3 Å². The van der Waals surface area contributed by atoms with Gasteiger partial charge in [-0.15, -0.1) is 11.3 Å². The van der Waals surface area contributed by atoms with Gasteiger partial charge < -0.3 is 10.3 Å². The van der Waals surface area contributed by atoms with Gasteiger partial charge in [0.1, 0.15) is 5.01 Å². The van der Waals surface area contributed by atoms with Crippen molar-refractivity contribution in [2.75, 3.05) is 6.54 Å². The summed E-state index contributed by atoms with van der Waals surface area (Å²) in [5.74, 6) is 0.110. The normalized spacial score (nSPS) is 11.1. The second-order valence-corrected chi connectivity index (χ2v) is 8.18. The third-order valence-corrected chi connectivity index (χ3v) is 6.02. The molecule has 148 valence electrons. The molecule has 0 radical (unpaired) electrons. The third-order valence-electron chi connectivity index (χ3n) is 5.08. The molecule has 5 heteroatoms. The first-order valence-electron chi connectivity index (χ1n) is 10.0. The Bertz CT molecular complexity index is 1090. The molecule has 0 bridgehead atoms. The van der Waals surface area contributed by atoms with Crippen LogP contribution >= 0.6 is 11.3 Å². The summed E-state index contributed by atoms with van der Waals surface area (Å²) < 4.78 is 0. The molecule has 0 saturated carbocycles. The van der Waals surface area contributed by atoms with Crippen molar-refractivity contribution in [3.05, 3.63) is 76.9 Å². The highest BCUT2D eigenvalue weighted by molar-refractivity contribution is 7.13. The van der Waals surface area contributed by atoms with Crippen LogP contribution in [0.3, 0.4) is 0 Å². The number of fused-ring (bicyclic) bond motifs is 1. The predicted molar refractivity (Wildman–Crippen MR) is 120 cm³/mol. The smallest absolute Gasteiger partial charge is 0.220 e. The van der Waals surface area contributed by atoms with Crippen LogP contribution in [-0.2, 0) is 17.6 Å². The highest BCUT2D eigenvalue weighted by Crippen LogP contribution is 2.24. The van der Waals surface area contributed by atoms with E-state index in [-0.39, 0.29) is 5.91 Å². The molecular formula is C24H25N3OS. The second-order valence-electron chi connectivity index (χ2n) is 7.32. The fourth-order valence-corrected chi connectivity index (χ4v) is 4.31. The molecule has 2 aromatic carbocycles. The molecule has 2 N–H and O–H groups in total. The minimum atomic E-state index is 0.110. The number of amides is 1. The molecule has 0 atom stereocenters. The molecule has 0 aliphatic carbocycles. The van der Waals surface area contributed by atoms with Gasteiger partial charge in [0.15, 0.2) is 0 Å². The molecule has 2 aromatic heterocycles. The summed E-state index contributed by atoms with van der Waals surface area (Å²) in [4.78, 5) is 20.1. The molecule has 0 fully saturated rings. The van der Waals surface area contributed by atoms with Crippen molar-refractivity contribution in [2.24, 2.45) is 0 Å². The number of hydrogen-bond donors (Lipinski definition) is 2. The number of nitrogens with zero attached hydrogens (tertiary/aromatic N) is 1. The zero-order valence-electron chi connectivity index (χ0n) is 16.6. The lowest BCUT2D eigenvalue weighted by molar-refractivity contribution is -0.121. The van der Waals surface area contributed by atoms with Crippen LogP contribution in [-0.4, -0.2) is 22.4 Å². The van der Waals surface area contributed by atoms with Gasteiger partial charge in [0.05, 0.1) is 5.69 Å². The van der Waals surface area contributed by atoms with Crippen molar-refractivity contribution in [2.45, 2.75) is 32.6 Å². The zero-order valence-corrected chi connectivity index (χ0v) is 17.4. The van der Waals surface area contributed by atoms with Crippen molar-refractivity contribution in [3.63, 3.8) is 0 Å². The number of benzene rings is 2. The van der Waals surface area contributed by atoms with Crippen LogP contribution in [0.15, 0.2) is 60.1 Å². The molecule has 0 spiro atoms. The molecule has 4 aromatic rings. The Morgan fingerprint density at radius 3 is 2.79 bits per heavy atom. The molecule has 0 aliphatic rings. The summed E-state index contributed by atoms with van der Waals surface area (Å²) in [6, 6.07) is 16.7. The standard InChI is InChI=1S/C24H25N3OS/c1-17-9-11-18(12-10-17)24-27-20(16-29-24)13-14-25-23(28)8-4-5-19-15-26-22-7-3-2-6-21(19)22/h2-3,6-7,9-12,15-16,26H,4-5,8,13-14H2,1H3,(H,25,28). The van der Waals surface area contributed by atoms with Gasteiger partial charge in [0.2, 0.25) is 5.91 Å². The molecule has 0 aliphatic heterocycles. The van der Waals surface area contributed by atoms with Gasteiger partial charge in [-0.05, 0) is 31.4 Å². The van der Waals surface area contributed by atoms with Crippen LogP contribution in [0.1, 0.15) is 29.7 Å². The fourth-order valence-electron chi connectivity index (χ4n) is 3.45. The molecule has 0 saturated heterocycles. The van der Waals surface area contributed by atoms with Crippen molar-refractivity contribution < 1.29 is 4.79 Å². The van der Waals surface area contributed by atoms with E-state index in [9.17, 15) is 4.79 Å². The summed E-state index contributed by atoms with van der Waals surface area (Å²) in [6.45, 7) is 2.71. The molecule has 0 unspecified atom stereocenters. The summed E-state index contributed by atoms with van der Waals surface area (Å²) >= 11 is 1.65. The summed E-state index contributed by atoms with van der Waals surface area (Å²) in [7, 11) is 0. The number of hydrogen-bond acceptors (Lipinski definition) is 3. The van der Waals surface area contributed by atoms with E-state index in [4.69, 9.17) is 4.98 Å². The number of aryl methyl sites for hydroxylation is 2. The highest BCUT2D eigenvalue weighted by Gasteiger charge is 2.07. The Balaban J connectivity index is 1.20. The Labute approximate surface area is 175 Å². The Morgan fingerprint density at radius 1 is 1.10 bits per heavy atom. The van der Waals surface area contributed by atoms with E-state index < -0.39 is 0 Å². The number of nitrogens with one attached hydrogen (secondary N) is 2. The third kappa shape index (κ3) is 4.93. The van der Waals surface area contributed by atoms with E-state index in [1.807, 2.05) is 6.07 Å². The van der Waals surface area contributed by atoms with Crippen molar-refractivity contribution in [3.8, 4) is 10.6 Å². The number of carbonyl (C=O) groups excluding carboxylic acids is 1. The first kappa shape index (κ1) is 19.4. The van der Waals surface area contributed by atoms with Crippen LogP contribution in [0.5, 0.6) is 0 Å². The lowest BCUT2D eigenvalue weighted by Gasteiger charge is -2.04. The van der Waals surface area contributed by atoms with Gasteiger partial charge in [0, 0.05) is 47.4 Å². The van der Waals surface area contributed by atoms with Crippen LogP contribution in [0.2, 0.25) is 0 Å². The van der Waals surface area contributed by atoms with Gasteiger partial charge in [-0.2, -0.15) is 0 Å². The van der Waals surface area contributed by atoms with E-state index in [1.165, 1.54) is 16.5 Å². The van der Waals surface area contributed by atoms with E-state index in [0.717, 1.165) is 41.0 Å². The fraction of sp³-hybridized carbons (Fsp3) is 0.250. The molecule has 29 heavy (non-hydrogen) atoms. The van der Waals surface area contributed by atoms with Gasteiger partial charge in [-0.1, -0.05) is 48.0 Å². The van der Waals surface area contributed by atoms with Crippen LogP contribution < -0.4 is 5.32 Å². The number of para-hydroxylation sites is 1. The van der Waals surface area contributed by atoms with Gasteiger partial charge in [0.25, 0.3) is 0 Å². The summed E-state index contributed by atoms with van der Waals surface area (Å²) in [5.41, 5.74) is 5.86. The first-order valence-corrected chi connectivity index (χ1v) is 10.9. The number of thiazole rings is 1. The maximum Gasteiger partial charge on any atom is 0.220 e. The van der Waals surface area contributed by atoms with Crippen LogP contribution in [0.25, 0.3) is 21.5 Å². The average molecular weight is 404 g/mol.